The number of nitrogens with zero attached hydrogens (tertiary/aromatic N) is 1. The fourth-order valence-corrected chi connectivity index (χ4v) is 3.62. The Balaban J connectivity index is 1.72. The molecule has 3 heteroatoms. The van der Waals surface area contributed by atoms with Crippen molar-refractivity contribution in [1.29, 1.82) is 0 Å². The maximum absolute atomic E-state index is 3.40. The van der Waals surface area contributed by atoms with Crippen molar-refractivity contribution in [3.8, 4) is 11.1 Å². The summed E-state index contributed by atoms with van der Waals surface area (Å²) < 4.78 is 0. The first-order valence-electron chi connectivity index (χ1n) is 8.05. The lowest BCUT2D eigenvalue weighted by Gasteiger charge is -2.29. The number of rotatable bonds is 4. The predicted molar refractivity (Wildman–Crippen MR) is 98.0 cm³/mol. The number of nitrogens with one attached hydrogen (secondary N) is 1. The van der Waals surface area contributed by atoms with Crippen LogP contribution in [0.3, 0.4) is 0 Å². The molecular weight excluding hydrogens is 288 g/mol. The minimum Gasteiger partial charge on any atom is -0.369 e. The Bertz CT molecular complexity index is 584. The van der Waals surface area contributed by atoms with Gasteiger partial charge in [0.05, 0.1) is 0 Å². The third kappa shape index (κ3) is 3.84. The summed E-state index contributed by atoms with van der Waals surface area (Å²) in [6, 6.07) is 17.9. The molecule has 3 rings (SSSR count). The highest BCUT2D eigenvalue weighted by Gasteiger charge is 2.10. The Morgan fingerprint density at radius 1 is 0.864 bits per heavy atom. The minimum atomic E-state index is 0.629. The monoisotopic (exact) mass is 312 g/mol. The van der Waals surface area contributed by atoms with Gasteiger partial charge in [0.2, 0.25) is 0 Å². The van der Waals surface area contributed by atoms with Gasteiger partial charge in [-0.15, -0.1) is 11.8 Å². The second-order valence-electron chi connectivity index (χ2n) is 5.97. The fourth-order valence-electron chi connectivity index (χ4n) is 2.79. The van der Waals surface area contributed by atoms with Crippen LogP contribution >= 0.6 is 11.8 Å². The van der Waals surface area contributed by atoms with Crippen molar-refractivity contribution in [3.05, 3.63) is 48.5 Å². The molecule has 2 aromatic rings. The molecule has 0 saturated carbocycles. The van der Waals surface area contributed by atoms with Crippen molar-refractivity contribution < 1.29 is 0 Å². The SMILES string of the molecule is CC(C)Sc1ccc(-c2ccc(N3CCNCC3)cc2)cc1. The lowest BCUT2D eigenvalue weighted by atomic mass is 10.1. The normalized spacial score (nSPS) is 15.3. The average molecular weight is 312 g/mol. The average Bonchev–Trinajstić information content (AvgIpc) is 2.56. The Hall–Kier alpha value is -1.45. The largest absolute Gasteiger partial charge is 0.369 e. The van der Waals surface area contributed by atoms with E-state index in [0.29, 0.717) is 5.25 Å². The highest BCUT2D eigenvalue weighted by atomic mass is 32.2. The predicted octanol–water partition coefficient (Wildman–Crippen LogP) is 4.26. The van der Waals surface area contributed by atoms with Crippen LogP contribution in [0.1, 0.15) is 13.8 Å². The zero-order chi connectivity index (χ0) is 15.4. The maximum atomic E-state index is 3.40. The summed E-state index contributed by atoms with van der Waals surface area (Å²) >= 11 is 1.91. The molecule has 1 fully saturated rings. The van der Waals surface area contributed by atoms with E-state index in [0.717, 1.165) is 26.2 Å². The second kappa shape index (κ2) is 7.21. The molecular formula is C19H24N2S. The maximum Gasteiger partial charge on any atom is 0.0367 e. The Labute approximate surface area is 137 Å². The summed E-state index contributed by atoms with van der Waals surface area (Å²) in [7, 11) is 0. The van der Waals surface area contributed by atoms with Crippen molar-refractivity contribution in [1.82, 2.24) is 5.32 Å². The van der Waals surface area contributed by atoms with Gasteiger partial charge in [-0.25, -0.2) is 0 Å². The van der Waals surface area contributed by atoms with Crippen LogP contribution in [0.15, 0.2) is 53.4 Å². The van der Waals surface area contributed by atoms with Gasteiger partial charge in [0.1, 0.15) is 0 Å². The van der Waals surface area contributed by atoms with Gasteiger partial charge in [0.15, 0.2) is 0 Å². The molecule has 2 aromatic carbocycles. The van der Waals surface area contributed by atoms with Crippen LogP contribution in [0.4, 0.5) is 5.69 Å². The first-order valence-corrected chi connectivity index (χ1v) is 8.93. The molecule has 116 valence electrons. The summed E-state index contributed by atoms with van der Waals surface area (Å²) in [5.74, 6) is 0. The molecule has 1 heterocycles. The van der Waals surface area contributed by atoms with Gasteiger partial charge in [-0.05, 0) is 35.4 Å². The van der Waals surface area contributed by atoms with Crippen molar-refractivity contribution >= 4 is 17.4 Å². The molecule has 0 atom stereocenters. The van der Waals surface area contributed by atoms with Crippen molar-refractivity contribution in [2.75, 3.05) is 31.1 Å². The second-order valence-corrected chi connectivity index (χ2v) is 7.62. The van der Waals surface area contributed by atoms with E-state index in [4.69, 9.17) is 0 Å². The molecule has 0 radical (unpaired) electrons. The number of hydrogen-bond acceptors (Lipinski definition) is 3. The highest BCUT2D eigenvalue weighted by Crippen LogP contribution is 2.28. The molecule has 1 aliphatic heterocycles. The number of piperazine rings is 1. The zero-order valence-electron chi connectivity index (χ0n) is 13.4. The van der Waals surface area contributed by atoms with Gasteiger partial charge in [-0.2, -0.15) is 0 Å². The molecule has 1 saturated heterocycles. The van der Waals surface area contributed by atoms with Crippen LogP contribution in [0.5, 0.6) is 0 Å². The van der Waals surface area contributed by atoms with Crippen LogP contribution in [-0.4, -0.2) is 31.4 Å². The van der Waals surface area contributed by atoms with Crippen LogP contribution in [0.25, 0.3) is 11.1 Å². The van der Waals surface area contributed by atoms with E-state index in [-0.39, 0.29) is 0 Å². The summed E-state index contributed by atoms with van der Waals surface area (Å²) in [6.07, 6.45) is 0. The van der Waals surface area contributed by atoms with Crippen molar-refractivity contribution in [2.24, 2.45) is 0 Å². The van der Waals surface area contributed by atoms with E-state index < -0.39 is 0 Å². The number of benzene rings is 2. The molecule has 0 spiro atoms. The topological polar surface area (TPSA) is 15.3 Å². The van der Waals surface area contributed by atoms with Gasteiger partial charge in [0.25, 0.3) is 0 Å². The highest BCUT2D eigenvalue weighted by molar-refractivity contribution is 7.99. The smallest absolute Gasteiger partial charge is 0.0367 e. The van der Waals surface area contributed by atoms with Crippen molar-refractivity contribution in [2.45, 2.75) is 24.0 Å². The van der Waals surface area contributed by atoms with Gasteiger partial charge in [0, 0.05) is 42.0 Å². The quantitative estimate of drug-likeness (QED) is 0.849. The molecule has 0 bridgehead atoms. The Kier molecular flexibility index (Phi) is 5.06. The molecule has 22 heavy (non-hydrogen) atoms. The van der Waals surface area contributed by atoms with Crippen molar-refractivity contribution in [3.63, 3.8) is 0 Å². The molecule has 0 amide bonds. The standard InChI is InChI=1S/C19H24N2S/c1-15(2)22-19-9-5-17(6-10-19)16-3-7-18(8-4-16)21-13-11-20-12-14-21/h3-10,15,20H,11-14H2,1-2H3. The van der Waals surface area contributed by atoms with Crippen LogP contribution in [0, 0.1) is 0 Å². The fraction of sp³-hybridized carbons (Fsp3) is 0.368. The van der Waals surface area contributed by atoms with E-state index in [2.05, 4.69) is 72.6 Å². The first-order chi connectivity index (χ1) is 10.7. The third-order valence-electron chi connectivity index (χ3n) is 3.91. The van der Waals surface area contributed by atoms with Crippen LogP contribution < -0.4 is 10.2 Å². The van der Waals surface area contributed by atoms with Crippen LogP contribution in [0.2, 0.25) is 0 Å². The molecule has 1 aliphatic rings. The third-order valence-corrected chi connectivity index (χ3v) is 4.92. The van der Waals surface area contributed by atoms with Crippen LogP contribution in [-0.2, 0) is 0 Å². The number of hydrogen-bond donors (Lipinski definition) is 1. The lowest BCUT2D eigenvalue weighted by Crippen LogP contribution is -2.43. The lowest BCUT2D eigenvalue weighted by molar-refractivity contribution is 0.589. The van der Waals surface area contributed by atoms with E-state index in [1.54, 1.807) is 0 Å². The summed E-state index contributed by atoms with van der Waals surface area (Å²) in [6.45, 7) is 8.81. The van der Waals surface area contributed by atoms with E-state index in [1.807, 2.05) is 11.8 Å². The Morgan fingerprint density at radius 3 is 1.95 bits per heavy atom. The summed E-state index contributed by atoms with van der Waals surface area (Å²) in [5.41, 5.74) is 3.91. The molecule has 1 N–H and O–H groups in total. The van der Waals surface area contributed by atoms with Gasteiger partial charge < -0.3 is 10.2 Å². The van der Waals surface area contributed by atoms with E-state index >= 15 is 0 Å². The van der Waals surface area contributed by atoms with Gasteiger partial charge in [-0.1, -0.05) is 38.1 Å². The molecule has 2 nitrogen and oxygen atoms in total. The van der Waals surface area contributed by atoms with Gasteiger partial charge in [-0.3, -0.25) is 0 Å². The van der Waals surface area contributed by atoms with E-state index in [1.165, 1.54) is 21.7 Å². The molecule has 0 unspecified atom stereocenters. The number of thioether (sulfide) groups is 1. The Morgan fingerprint density at radius 2 is 1.41 bits per heavy atom. The van der Waals surface area contributed by atoms with E-state index in [9.17, 15) is 0 Å². The molecule has 0 aliphatic carbocycles. The first kappa shape index (κ1) is 15.4. The van der Waals surface area contributed by atoms with Gasteiger partial charge >= 0.3 is 0 Å². The zero-order valence-corrected chi connectivity index (χ0v) is 14.2. The number of anilines is 1. The summed E-state index contributed by atoms with van der Waals surface area (Å²) in [4.78, 5) is 3.79. The minimum absolute atomic E-state index is 0.629. The summed E-state index contributed by atoms with van der Waals surface area (Å²) in [5, 5.41) is 4.03. The molecule has 0 aromatic heterocycles.